The first-order valence-electron chi connectivity index (χ1n) is 6.43. The lowest BCUT2D eigenvalue weighted by molar-refractivity contribution is 0.213. The summed E-state index contributed by atoms with van der Waals surface area (Å²) in [4.78, 5) is 4.90. The molecule has 17 heavy (non-hydrogen) atoms. The molecule has 0 bridgehead atoms. The van der Waals surface area contributed by atoms with Crippen LogP contribution in [-0.2, 0) is 0 Å². The molecule has 1 unspecified atom stereocenters. The predicted molar refractivity (Wildman–Crippen MR) is 74.5 cm³/mol. The topological polar surface area (TPSA) is 32.5 Å². The molecule has 1 aliphatic heterocycles. The number of nitrogens with zero attached hydrogens (tertiary/aromatic N) is 2. The van der Waals surface area contributed by atoms with E-state index in [0.29, 0.717) is 6.04 Å². The molecule has 0 spiro atoms. The minimum Gasteiger partial charge on any atom is -0.398 e. The number of hydrogen-bond donors (Lipinski definition) is 1. The lowest BCUT2D eigenvalue weighted by Gasteiger charge is -2.40. The highest BCUT2D eigenvalue weighted by atomic mass is 15.3. The minimum absolute atomic E-state index is 0.659. The average Bonchev–Trinajstić information content (AvgIpc) is 2.33. The van der Waals surface area contributed by atoms with Gasteiger partial charge in [0.05, 0.1) is 0 Å². The molecule has 1 aromatic carbocycles. The van der Waals surface area contributed by atoms with Gasteiger partial charge in [-0.25, -0.2) is 0 Å². The second-order valence-electron chi connectivity index (χ2n) is 5.03. The number of rotatable bonds is 2. The van der Waals surface area contributed by atoms with Crippen molar-refractivity contribution in [3.8, 4) is 0 Å². The first kappa shape index (κ1) is 12.2. The van der Waals surface area contributed by atoms with Crippen LogP contribution in [0.3, 0.4) is 0 Å². The van der Waals surface area contributed by atoms with Crippen molar-refractivity contribution in [2.45, 2.75) is 26.3 Å². The Kier molecular flexibility index (Phi) is 3.57. The van der Waals surface area contributed by atoms with Gasteiger partial charge >= 0.3 is 0 Å². The van der Waals surface area contributed by atoms with Gasteiger partial charge in [-0.2, -0.15) is 0 Å². The Morgan fingerprint density at radius 1 is 1.35 bits per heavy atom. The molecule has 0 radical (unpaired) electrons. The van der Waals surface area contributed by atoms with Crippen LogP contribution in [0.15, 0.2) is 18.2 Å². The Bertz CT molecular complexity index is 389. The summed E-state index contributed by atoms with van der Waals surface area (Å²) < 4.78 is 0. The maximum Gasteiger partial charge on any atom is 0.0388 e. The van der Waals surface area contributed by atoms with E-state index in [4.69, 9.17) is 5.73 Å². The van der Waals surface area contributed by atoms with Gasteiger partial charge < -0.3 is 10.6 Å². The van der Waals surface area contributed by atoms with Gasteiger partial charge in [0.25, 0.3) is 0 Å². The van der Waals surface area contributed by atoms with E-state index in [1.165, 1.54) is 12.1 Å². The van der Waals surface area contributed by atoms with Gasteiger partial charge in [0.2, 0.25) is 0 Å². The van der Waals surface area contributed by atoms with Crippen molar-refractivity contribution in [3.05, 3.63) is 23.8 Å². The van der Waals surface area contributed by atoms with Crippen molar-refractivity contribution in [1.29, 1.82) is 0 Å². The van der Waals surface area contributed by atoms with Crippen molar-refractivity contribution in [2.24, 2.45) is 0 Å². The van der Waals surface area contributed by atoms with Gasteiger partial charge in [0.1, 0.15) is 0 Å². The molecule has 2 rings (SSSR count). The Balaban J connectivity index is 2.14. The molecule has 1 saturated heterocycles. The molecular formula is C14H23N3. The van der Waals surface area contributed by atoms with E-state index in [1.54, 1.807) is 0 Å². The third kappa shape index (κ3) is 2.55. The largest absolute Gasteiger partial charge is 0.398 e. The van der Waals surface area contributed by atoms with Crippen molar-refractivity contribution in [2.75, 3.05) is 37.3 Å². The zero-order valence-corrected chi connectivity index (χ0v) is 11.1. The summed E-state index contributed by atoms with van der Waals surface area (Å²) in [6.45, 7) is 7.64. The normalized spacial score (nSPS) is 21.8. The smallest absolute Gasteiger partial charge is 0.0388 e. The number of benzene rings is 1. The molecule has 1 fully saturated rings. The van der Waals surface area contributed by atoms with E-state index in [2.05, 4.69) is 48.9 Å². The summed E-state index contributed by atoms with van der Waals surface area (Å²) in [7, 11) is 2.22. The highest BCUT2D eigenvalue weighted by Gasteiger charge is 2.22. The molecule has 1 heterocycles. The van der Waals surface area contributed by atoms with Crippen molar-refractivity contribution in [3.63, 3.8) is 0 Å². The molecule has 3 heteroatoms. The minimum atomic E-state index is 0.659. The molecule has 94 valence electrons. The number of hydrogen-bond acceptors (Lipinski definition) is 3. The number of nitrogen functional groups attached to an aromatic ring is 1. The molecule has 2 N–H and O–H groups in total. The van der Waals surface area contributed by atoms with Crippen LogP contribution in [0.1, 0.15) is 18.9 Å². The highest BCUT2D eigenvalue weighted by molar-refractivity contribution is 5.60. The quantitative estimate of drug-likeness (QED) is 0.794. The van der Waals surface area contributed by atoms with Gasteiger partial charge in [0.15, 0.2) is 0 Å². The first-order chi connectivity index (χ1) is 8.11. The predicted octanol–water partition coefficient (Wildman–Crippen LogP) is 2.11. The summed E-state index contributed by atoms with van der Waals surface area (Å²) in [5.74, 6) is 0. The standard InChI is InChI=1S/C14H23N3/c1-4-12-10-17(8-7-16(12)3)13-6-5-11(2)14(15)9-13/h5-6,9,12H,4,7-8,10,15H2,1-3H3. The van der Waals surface area contributed by atoms with Crippen LogP contribution in [0.2, 0.25) is 0 Å². The Morgan fingerprint density at radius 2 is 2.12 bits per heavy atom. The molecule has 0 amide bonds. The van der Waals surface area contributed by atoms with E-state index in [1.807, 2.05) is 0 Å². The van der Waals surface area contributed by atoms with E-state index >= 15 is 0 Å². The van der Waals surface area contributed by atoms with Crippen molar-refractivity contribution >= 4 is 11.4 Å². The van der Waals surface area contributed by atoms with Crippen LogP contribution < -0.4 is 10.6 Å². The van der Waals surface area contributed by atoms with Gasteiger partial charge in [0, 0.05) is 37.1 Å². The van der Waals surface area contributed by atoms with Gasteiger partial charge in [-0.1, -0.05) is 13.0 Å². The number of aryl methyl sites for hydroxylation is 1. The number of anilines is 2. The summed E-state index contributed by atoms with van der Waals surface area (Å²) in [6, 6.07) is 7.06. The third-order valence-corrected chi connectivity index (χ3v) is 3.88. The number of likely N-dealkylation sites (N-methyl/N-ethyl adjacent to an activating group) is 1. The van der Waals surface area contributed by atoms with Gasteiger partial charge in [-0.05, 0) is 38.1 Å². The van der Waals surface area contributed by atoms with Gasteiger partial charge in [-0.15, -0.1) is 0 Å². The van der Waals surface area contributed by atoms with Crippen LogP contribution in [0.5, 0.6) is 0 Å². The van der Waals surface area contributed by atoms with Crippen LogP contribution in [0, 0.1) is 6.92 Å². The fraction of sp³-hybridized carbons (Fsp3) is 0.571. The second kappa shape index (κ2) is 4.96. The first-order valence-corrected chi connectivity index (χ1v) is 6.43. The van der Waals surface area contributed by atoms with Crippen LogP contribution in [-0.4, -0.2) is 37.6 Å². The Labute approximate surface area is 104 Å². The third-order valence-electron chi connectivity index (χ3n) is 3.88. The lowest BCUT2D eigenvalue weighted by atomic mass is 10.1. The van der Waals surface area contributed by atoms with Crippen molar-refractivity contribution < 1.29 is 0 Å². The second-order valence-corrected chi connectivity index (χ2v) is 5.03. The summed E-state index contributed by atoms with van der Waals surface area (Å²) in [5.41, 5.74) is 9.31. The maximum absolute atomic E-state index is 5.98. The molecule has 1 atom stereocenters. The monoisotopic (exact) mass is 233 g/mol. The zero-order valence-electron chi connectivity index (χ0n) is 11.1. The Hall–Kier alpha value is -1.22. The highest BCUT2D eigenvalue weighted by Crippen LogP contribution is 2.23. The van der Waals surface area contributed by atoms with E-state index in [9.17, 15) is 0 Å². The molecule has 1 aliphatic rings. The van der Waals surface area contributed by atoms with Crippen LogP contribution >= 0.6 is 0 Å². The molecular weight excluding hydrogens is 210 g/mol. The number of nitrogens with two attached hydrogens (primary N) is 1. The SMILES string of the molecule is CCC1CN(c2ccc(C)c(N)c2)CCN1C. The lowest BCUT2D eigenvalue weighted by Crippen LogP contribution is -2.51. The zero-order chi connectivity index (χ0) is 12.4. The molecule has 0 saturated carbocycles. The molecule has 0 aliphatic carbocycles. The summed E-state index contributed by atoms with van der Waals surface area (Å²) in [6.07, 6.45) is 1.20. The summed E-state index contributed by atoms with van der Waals surface area (Å²) in [5, 5.41) is 0. The van der Waals surface area contributed by atoms with Crippen LogP contribution in [0.4, 0.5) is 11.4 Å². The van der Waals surface area contributed by atoms with Crippen molar-refractivity contribution in [1.82, 2.24) is 4.90 Å². The average molecular weight is 233 g/mol. The fourth-order valence-corrected chi connectivity index (χ4v) is 2.45. The maximum atomic E-state index is 5.98. The molecule has 3 nitrogen and oxygen atoms in total. The van der Waals surface area contributed by atoms with E-state index in [0.717, 1.165) is 30.9 Å². The summed E-state index contributed by atoms with van der Waals surface area (Å²) >= 11 is 0. The molecule has 0 aromatic heterocycles. The Morgan fingerprint density at radius 3 is 2.76 bits per heavy atom. The van der Waals surface area contributed by atoms with E-state index < -0.39 is 0 Å². The van der Waals surface area contributed by atoms with Crippen LogP contribution in [0.25, 0.3) is 0 Å². The number of piperazine rings is 1. The molecule has 1 aromatic rings. The van der Waals surface area contributed by atoms with Gasteiger partial charge in [-0.3, -0.25) is 4.90 Å². The van der Waals surface area contributed by atoms with E-state index in [-0.39, 0.29) is 0 Å². The fourth-order valence-electron chi connectivity index (χ4n) is 2.45.